The zero-order chi connectivity index (χ0) is 24.2. The third-order valence-electron chi connectivity index (χ3n) is 0. The molecule has 0 unspecified atom stereocenters. The second-order valence-corrected chi connectivity index (χ2v) is 13.8. The molecule has 0 fully saturated rings. The van der Waals surface area contributed by atoms with Crippen LogP contribution in [0.1, 0.15) is 0 Å². The molecule has 0 saturated heterocycles. The second-order valence-electron chi connectivity index (χ2n) is 2.01. The first-order valence-corrected chi connectivity index (χ1v) is 23.9. The maximum atomic E-state index is 8.87. The molecule has 0 aliphatic rings. The molecule has 0 aliphatic heterocycles. The molecule has 0 aromatic heterocycles. The Labute approximate surface area is 197 Å². The molecule has 0 spiro atoms. The van der Waals surface area contributed by atoms with Crippen LogP contribution in [0.15, 0.2) is 0 Å². The Bertz CT molecular complexity index is 692. The van der Waals surface area contributed by atoms with Gasteiger partial charge in [-0.15, -0.1) is 0 Å². The van der Waals surface area contributed by atoms with Crippen molar-refractivity contribution in [2.24, 2.45) is 0 Å². The van der Waals surface area contributed by atoms with Crippen LogP contribution in [0.5, 0.6) is 0 Å². The van der Waals surface area contributed by atoms with E-state index in [0.717, 1.165) is 0 Å². The summed E-state index contributed by atoms with van der Waals surface area (Å²) in [5.74, 6) is 0. The topological polar surface area (TPSA) is 395 Å². The van der Waals surface area contributed by atoms with Crippen LogP contribution in [0.4, 0.5) is 0 Å². The van der Waals surface area contributed by atoms with E-state index in [4.69, 9.17) is 77.1 Å². The Morgan fingerprint density at radius 2 is 0.429 bits per heavy atom. The Kier molecular flexibility index (Phi) is 45.9. The molecule has 170 valence electrons. The molecule has 0 rings (SSSR count). The molecule has 0 aromatic carbocycles. The zero-order valence-corrected chi connectivity index (χ0v) is 28.3. The first-order valence-electron chi connectivity index (χ1n) is 3.74. The molecule has 0 amide bonds. The van der Waals surface area contributed by atoms with Crippen LogP contribution < -0.4 is 12.1 Å². The summed E-state index contributed by atoms with van der Waals surface area (Å²) in [7, 11) is 0. The third kappa shape index (κ3) is 5380. The molecule has 6 N–H and O–H groups in total. The first kappa shape index (κ1) is 47.7. The van der Waals surface area contributed by atoms with Crippen molar-refractivity contribution in [3.63, 3.8) is 0 Å². The van der Waals surface area contributed by atoms with Gasteiger partial charge in [0.05, 0.1) is 0 Å². The maximum absolute atomic E-state index is 8.87. The van der Waals surface area contributed by atoms with Crippen molar-refractivity contribution < 1.29 is 174 Å². The van der Waals surface area contributed by atoms with Gasteiger partial charge in [-0.1, -0.05) is 0 Å². The van der Waals surface area contributed by atoms with Gasteiger partial charge < -0.3 is 0 Å². The number of rotatable bonds is 0. The van der Waals surface area contributed by atoms with Crippen molar-refractivity contribution in [2.45, 2.75) is 0 Å². The van der Waals surface area contributed by atoms with Crippen molar-refractivity contribution >= 4 is 26.2 Å². The summed E-state index contributed by atoms with van der Waals surface area (Å²) in [4.78, 5) is 0. The van der Waals surface area contributed by atoms with E-state index in [2.05, 4.69) is 0 Å². The molecule has 21 nitrogen and oxygen atoms in total. The van der Waals surface area contributed by atoms with E-state index in [9.17, 15) is 0 Å². The summed E-state index contributed by atoms with van der Waals surface area (Å²) >= 11 is -28.8. The summed E-state index contributed by atoms with van der Waals surface area (Å²) in [5, 5.41) is 0. The predicted octanol–water partition coefficient (Wildman–Crippen LogP) is -8.73. The Morgan fingerprint density at radius 1 is 0.429 bits per heavy atom. The average molecular weight is 1260 g/mol. The molecule has 0 saturated carbocycles. The van der Waals surface area contributed by atoms with Crippen molar-refractivity contribution in [3.05, 3.63) is 0 Å². The van der Waals surface area contributed by atoms with E-state index >= 15 is 0 Å². The van der Waals surface area contributed by atoms with Crippen molar-refractivity contribution in [1.29, 1.82) is 0 Å². The summed E-state index contributed by atoms with van der Waals surface area (Å²) in [6.45, 7) is 0. The van der Waals surface area contributed by atoms with Crippen LogP contribution in [0, 0.1) is 0 Å². The number of hydrogen-bond acceptors (Lipinski definition) is 15. The van der Waals surface area contributed by atoms with Crippen LogP contribution in [-0.2, 0) is 139 Å². The monoisotopic (exact) mass is 1260 g/mol. The second kappa shape index (κ2) is 27.0. The summed E-state index contributed by atoms with van der Waals surface area (Å²) in [6.07, 6.45) is 0. The standard InChI is InChI=1S/Bi.6H2O.15O.3V.3W/h;6*1H2;;;;;;;;;;;;;;;;;;;;;/q+3;;;;;;;;;;;;;;;;;;;3*-1;;;;3*+2/p-6. The van der Waals surface area contributed by atoms with Gasteiger partial charge in [-0.05, 0) is 0 Å². The average Bonchev–Trinajstić information content (AvgIpc) is 2.01. The molecule has 0 bridgehead atoms. The van der Waals surface area contributed by atoms with Gasteiger partial charge in [-0.25, -0.2) is 0 Å². The van der Waals surface area contributed by atoms with Gasteiger partial charge >= 0.3 is 200 Å². The van der Waals surface area contributed by atoms with Crippen LogP contribution in [0.25, 0.3) is 0 Å². The molecular formula is H6BiO21V3W3. The molecule has 28 heavy (non-hydrogen) atoms. The van der Waals surface area contributed by atoms with E-state index in [1.165, 1.54) is 0 Å². The third-order valence-corrected chi connectivity index (χ3v) is 0. The summed E-state index contributed by atoms with van der Waals surface area (Å²) in [6, 6.07) is 0. The van der Waals surface area contributed by atoms with Crippen LogP contribution in [0.3, 0.4) is 0 Å². The van der Waals surface area contributed by atoms with Gasteiger partial charge in [0.25, 0.3) is 0 Å². The fraction of sp³-hybridized carbons (Fsp3) is 0. The summed E-state index contributed by atoms with van der Waals surface area (Å²) in [5.41, 5.74) is 0. The molecule has 0 atom stereocenters. The molecular weight excluding hydrogens is 1250 g/mol. The van der Waals surface area contributed by atoms with Gasteiger partial charge in [0, 0.05) is 0 Å². The van der Waals surface area contributed by atoms with Crippen LogP contribution >= 0.6 is 0 Å². The molecule has 0 aromatic rings. The zero-order valence-electron chi connectivity index (χ0n) is 11.8. The number of hydrogen-bond donors (Lipinski definition) is 6. The SMILES string of the molecule is [Bi+3].[O]=[V](=[O])[O-].[O]=[V](=[O])[O-].[O]=[V](=[O])[O-].[O]=[W](=[O])([OH])[OH].[O]=[W](=[O])([OH])[OH].[O]=[W](=[O])([OH])[OH]. The van der Waals surface area contributed by atoms with Crippen LogP contribution in [-0.4, -0.2) is 48.8 Å². The fourth-order valence-electron chi connectivity index (χ4n) is 0. The van der Waals surface area contributed by atoms with Gasteiger partial charge in [0.15, 0.2) is 0 Å². The van der Waals surface area contributed by atoms with Gasteiger partial charge in [-0.3, -0.25) is 0 Å². The Balaban J connectivity index is -0.0000000377. The van der Waals surface area contributed by atoms with Gasteiger partial charge in [-0.2, -0.15) is 0 Å². The Morgan fingerprint density at radius 3 is 0.429 bits per heavy atom. The van der Waals surface area contributed by atoms with E-state index < -0.39 is 96.4 Å². The van der Waals surface area contributed by atoms with E-state index in [1.54, 1.807) is 0 Å². The van der Waals surface area contributed by atoms with Crippen molar-refractivity contribution in [2.75, 3.05) is 0 Å². The minimum atomic E-state index is -5.67. The van der Waals surface area contributed by atoms with E-state index in [-0.39, 0.29) is 26.2 Å². The molecule has 28 heteroatoms. The summed E-state index contributed by atoms with van der Waals surface area (Å²) < 4.78 is 173. The predicted molar refractivity (Wildman–Crippen MR) is 27.3 cm³/mol. The van der Waals surface area contributed by atoms with E-state index in [0.29, 0.717) is 0 Å². The molecule has 2 radical (unpaired) electrons. The first-order chi connectivity index (χ1) is 11.2. The molecule has 0 heterocycles. The Hall–Kier alpha value is 1.94. The van der Waals surface area contributed by atoms with Crippen LogP contribution in [0.2, 0.25) is 0 Å². The van der Waals surface area contributed by atoms with Crippen molar-refractivity contribution in [1.82, 2.24) is 0 Å². The van der Waals surface area contributed by atoms with Crippen molar-refractivity contribution in [3.8, 4) is 0 Å². The van der Waals surface area contributed by atoms with Gasteiger partial charge in [0.1, 0.15) is 0 Å². The quantitative estimate of drug-likeness (QED) is 0.123. The molecule has 0 aliphatic carbocycles. The van der Waals surface area contributed by atoms with E-state index in [1.807, 2.05) is 0 Å². The minimum absolute atomic E-state index is 0. The van der Waals surface area contributed by atoms with Gasteiger partial charge in [0.2, 0.25) is 0 Å². The fourth-order valence-corrected chi connectivity index (χ4v) is 0. The normalized spacial score (nSPS) is 8.89.